The molecular formula is C19H15N3O3. The van der Waals surface area contributed by atoms with Gasteiger partial charge in [-0.2, -0.15) is 5.10 Å². The molecule has 0 spiro atoms. The molecule has 2 amide bonds. The summed E-state index contributed by atoms with van der Waals surface area (Å²) < 4.78 is 1.36. The smallest absolute Gasteiger partial charge is 0.269 e. The third-order valence-electron chi connectivity index (χ3n) is 4.43. The van der Waals surface area contributed by atoms with Crippen molar-refractivity contribution in [3.63, 3.8) is 0 Å². The molecule has 2 heterocycles. The van der Waals surface area contributed by atoms with Crippen molar-refractivity contribution in [1.29, 1.82) is 0 Å². The first-order chi connectivity index (χ1) is 12.1. The average Bonchev–Trinajstić information content (AvgIpc) is 2.89. The van der Waals surface area contributed by atoms with Crippen LogP contribution in [0, 0.1) is 0 Å². The maximum atomic E-state index is 12.6. The summed E-state index contributed by atoms with van der Waals surface area (Å²) in [5, 5.41) is 5.57. The van der Waals surface area contributed by atoms with E-state index in [4.69, 9.17) is 0 Å². The Labute approximate surface area is 143 Å². The number of benzene rings is 2. The monoisotopic (exact) mass is 333 g/mol. The number of rotatable bonds is 3. The molecule has 124 valence electrons. The molecule has 6 heteroatoms. The Bertz CT molecular complexity index is 1050. The van der Waals surface area contributed by atoms with Crippen LogP contribution in [0.1, 0.15) is 33.3 Å². The summed E-state index contributed by atoms with van der Waals surface area (Å²) in [7, 11) is 0. The quantitative estimate of drug-likeness (QED) is 0.689. The second kappa shape index (κ2) is 5.66. The van der Waals surface area contributed by atoms with E-state index < -0.39 is 0 Å². The van der Waals surface area contributed by atoms with Crippen LogP contribution in [-0.2, 0) is 13.1 Å². The molecule has 0 radical (unpaired) electrons. The number of carbonyl (C=O) groups is 2. The summed E-state index contributed by atoms with van der Waals surface area (Å²) in [6.45, 7) is 2.28. The molecule has 25 heavy (non-hydrogen) atoms. The Kier molecular flexibility index (Phi) is 3.46. The Morgan fingerprint density at radius 2 is 1.40 bits per heavy atom. The number of carbonyl (C=O) groups excluding carboxylic acids is 2. The Hall–Kier alpha value is -3.28. The van der Waals surface area contributed by atoms with Crippen molar-refractivity contribution in [2.45, 2.75) is 20.0 Å². The van der Waals surface area contributed by atoms with E-state index in [1.165, 1.54) is 9.58 Å². The van der Waals surface area contributed by atoms with Gasteiger partial charge in [0.1, 0.15) is 0 Å². The van der Waals surface area contributed by atoms with E-state index in [9.17, 15) is 14.4 Å². The van der Waals surface area contributed by atoms with Gasteiger partial charge in [0.25, 0.3) is 17.4 Å². The van der Waals surface area contributed by atoms with Gasteiger partial charge >= 0.3 is 0 Å². The third-order valence-corrected chi connectivity index (χ3v) is 4.43. The van der Waals surface area contributed by atoms with Gasteiger partial charge in [-0.3, -0.25) is 19.3 Å². The van der Waals surface area contributed by atoms with Gasteiger partial charge in [0.05, 0.1) is 28.8 Å². The van der Waals surface area contributed by atoms with Crippen molar-refractivity contribution in [1.82, 2.24) is 14.7 Å². The number of aryl methyl sites for hydroxylation is 1. The molecule has 6 nitrogen and oxygen atoms in total. The molecule has 1 aromatic heterocycles. The lowest BCUT2D eigenvalue weighted by molar-refractivity contribution is 0.0640. The summed E-state index contributed by atoms with van der Waals surface area (Å²) in [6, 6.07) is 13.9. The SMILES string of the molecule is CCn1nc(CN2C(=O)c3ccccc3C2=O)c2ccccc2c1=O. The molecule has 0 saturated heterocycles. The van der Waals surface area contributed by atoms with E-state index in [1.807, 2.05) is 13.0 Å². The van der Waals surface area contributed by atoms with Crippen LogP contribution in [0.3, 0.4) is 0 Å². The van der Waals surface area contributed by atoms with Gasteiger partial charge in [0.2, 0.25) is 0 Å². The zero-order valence-corrected chi connectivity index (χ0v) is 13.6. The van der Waals surface area contributed by atoms with Crippen molar-refractivity contribution in [3.8, 4) is 0 Å². The maximum Gasteiger partial charge on any atom is 0.274 e. The Balaban J connectivity index is 1.83. The molecule has 0 atom stereocenters. The topological polar surface area (TPSA) is 72.3 Å². The van der Waals surface area contributed by atoms with E-state index >= 15 is 0 Å². The normalized spacial score (nSPS) is 13.6. The van der Waals surface area contributed by atoms with E-state index in [0.717, 1.165) is 0 Å². The number of imide groups is 1. The third kappa shape index (κ3) is 2.26. The van der Waals surface area contributed by atoms with Gasteiger partial charge in [-0.15, -0.1) is 0 Å². The Morgan fingerprint density at radius 3 is 2.00 bits per heavy atom. The molecule has 0 unspecified atom stereocenters. The number of aromatic nitrogens is 2. The molecule has 4 rings (SSSR count). The fraction of sp³-hybridized carbons (Fsp3) is 0.158. The van der Waals surface area contributed by atoms with Gasteiger partial charge in [-0.25, -0.2) is 4.68 Å². The highest BCUT2D eigenvalue weighted by molar-refractivity contribution is 6.21. The van der Waals surface area contributed by atoms with Crippen molar-refractivity contribution >= 4 is 22.6 Å². The van der Waals surface area contributed by atoms with Crippen molar-refractivity contribution in [2.75, 3.05) is 0 Å². The minimum absolute atomic E-state index is 0.0349. The molecule has 3 aromatic rings. The van der Waals surface area contributed by atoms with Gasteiger partial charge in [-0.05, 0) is 25.1 Å². The maximum absolute atomic E-state index is 12.6. The summed E-state index contributed by atoms with van der Waals surface area (Å²) in [6.07, 6.45) is 0. The first-order valence-electron chi connectivity index (χ1n) is 8.05. The van der Waals surface area contributed by atoms with E-state index in [0.29, 0.717) is 34.1 Å². The molecule has 0 fully saturated rings. The standard InChI is InChI=1S/C19H15N3O3/c1-2-22-19(25)13-8-4-3-7-12(13)16(20-22)11-21-17(23)14-9-5-6-10-15(14)18(21)24/h3-10H,2,11H2,1H3. The second-order valence-electron chi connectivity index (χ2n) is 5.86. The number of nitrogens with zero attached hydrogens (tertiary/aromatic N) is 3. The number of hydrogen-bond donors (Lipinski definition) is 0. The Morgan fingerprint density at radius 1 is 0.840 bits per heavy atom. The predicted octanol–water partition coefficient (Wildman–Crippen LogP) is 2.21. The van der Waals surface area contributed by atoms with E-state index in [-0.39, 0.29) is 23.9 Å². The largest absolute Gasteiger partial charge is 0.274 e. The van der Waals surface area contributed by atoms with Crippen LogP contribution in [0.15, 0.2) is 53.3 Å². The van der Waals surface area contributed by atoms with Crippen LogP contribution in [0.5, 0.6) is 0 Å². The predicted molar refractivity (Wildman–Crippen MR) is 92.3 cm³/mol. The second-order valence-corrected chi connectivity index (χ2v) is 5.86. The lowest BCUT2D eigenvalue weighted by Gasteiger charge is -2.16. The molecule has 0 aliphatic carbocycles. The summed E-state index contributed by atoms with van der Waals surface area (Å²) in [5.74, 6) is -0.665. The van der Waals surface area contributed by atoms with Gasteiger partial charge < -0.3 is 0 Å². The highest BCUT2D eigenvalue weighted by Gasteiger charge is 2.35. The van der Waals surface area contributed by atoms with Crippen LogP contribution < -0.4 is 5.56 Å². The molecule has 1 aliphatic rings. The van der Waals surface area contributed by atoms with Crippen molar-refractivity contribution < 1.29 is 9.59 Å². The highest BCUT2D eigenvalue weighted by atomic mass is 16.2. The van der Waals surface area contributed by atoms with Gasteiger partial charge in [-0.1, -0.05) is 30.3 Å². The number of amides is 2. The van der Waals surface area contributed by atoms with Crippen molar-refractivity contribution in [2.24, 2.45) is 0 Å². The minimum atomic E-state index is -0.333. The van der Waals surface area contributed by atoms with Crippen LogP contribution in [0.25, 0.3) is 10.8 Å². The zero-order chi connectivity index (χ0) is 17.6. The van der Waals surface area contributed by atoms with Gasteiger partial charge in [0, 0.05) is 11.9 Å². The molecule has 0 bridgehead atoms. The minimum Gasteiger partial charge on any atom is -0.269 e. The van der Waals surface area contributed by atoms with E-state index in [2.05, 4.69) is 5.10 Å². The fourth-order valence-electron chi connectivity index (χ4n) is 3.17. The molecule has 0 saturated carbocycles. The summed E-state index contributed by atoms with van der Waals surface area (Å²) in [4.78, 5) is 38.7. The summed E-state index contributed by atoms with van der Waals surface area (Å²) in [5.41, 5.74) is 1.16. The van der Waals surface area contributed by atoms with Gasteiger partial charge in [0.15, 0.2) is 0 Å². The van der Waals surface area contributed by atoms with Crippen LogP contribution in [-0.4, -0.2) is 26.5 Å². The number of fused-ring (bicyclic) bond motifs is 2. The number of hydrogen-bond acceptors (Lipinski definition) is 4. The fourth-order valence-corrected chi connectivity index (χ4v) is 3.17. The van der Waals surface area contributed by atoms with E-state index in [1.54, 1.807) is 42.5 Å². The first-order valence-corrected chi connectivity index (χ1v) is 8.05. The lowest BCUT2D eigenvalue weighted by atomic mass is 10.1. The van der Waals surface area contributed by atoms with Crippen LogP contribution in [0.4, 0.5) is 0 Å². The first kappa shape index (κ1) is 15.3. The van der Waals surface area contributed by atoms with Crippen LogP contribution >= 0.6 is 0 Å². The molecule has 2 aromatic carbocycles. The van der Waals surface area contributed by atoms with Crippen molar-refractivity contribution in [3.05, 3.63) is 75.7 Å². The molecular weight excluding hydrogens is 318 g/mol. The molecule has 1 aliphatic heterocycles. The lowest BCUT2D eigenvalue weighted by Crippen LogP contribution is -2.32. The summed E-state index contributed by atoms with van der Waals surface area (Å²) >= 11 is 0. The average molecular weight is 333 g/mol. The van der Waals surface area contributed by atoms with Crippen LogP contribution in [0.2, 0.25) is 0 Å². The zero-order valence-electron chi connectivity index (χ0n) is 13.6. The molecule has 0 N–H and O–H groups in total. The highest BCUT2D eigenvalue weighted by Crippen LogP contribution is 2.25.